The molecule has 2 aromatic heterocycles. The first kappa shape index (κ1) is 21.4. The third kappa shape index (κ3) is 5.81. The fraction of sp³-hybridized carbons (Fsp3) is 0.500. The second kappa shape index (κ2) is 10.5. The number of aliphatic hydroxyl groups is 1. The van der Waals surface area contributed by atoms with E-state index >= 15 is 0 Å². The number of nitrogens with zero attached hydrogens (tertiary/aromatic N) is 4. The molecule has 0 saturated carbocycles. The lowest BCUT2D eigenvalue weighted by Gasteiger charge is -2.36. The molecule has 10 heteroatoms. The van der Waals surface area contributed by atoms with Gasteiger partial charge < -0.3 is 19.8 Å². The molecule has 26 heavy (non-hydrogen) atoms. The summed E-state index contributed by atoms with van der Waals surface area (Å²) in [4.78, 5) is 9.73. The SMILES string of the molecule is CN=C(NCC(O)c1ccc(Cl)s1)N1CCN(Cc2ccon2)CC1.I. The van der Waals surface area contributed by atoms with E-state index in [4.69, 9.17) is 16.1 Å². The Kier molecular flexibility index (Phi) is 8.61. The molecular weight excluding hydrogens is 489 g/mol. The highest BCUT2D eigenvalue weighted by atomic mass is 127. The summed E-state index contributed by atoms with van der Waals surface area (Å²) >= 11 is 7.31. The normalized spacial score (nSPS) is 17.0. The fourth-order valence-electron chi connectivity index (χ4n) is 2.79. The first-order valence-electron chi connectivity index (χ1n) is 8.16. The van der Waals surface area contributed by atoms with Gasteiger partial charge in [-0.25, -0.2) is 0 Å². The van der Waals surface area contributed by atoms with Gasteiger partial charge in [0, 0.05) is 57.3 Å². The summed E-state index contributed by atoms with van der Waals surface area (Å²) in [6, 6.07) is 5.55. The molecule has 1 saturated heterocycles. The first-order valence-corrected chi connectivity index (χ1v) is 9.35. The number of piperazine rings is 1. The van der Waals surface area contributed by atoms with Gasteiger partial charge in [0.1, 0.15) is 12.4 Å². The van der Waals surface area contributed by atoms with Crippen molar-refractivity contribution in [3.05, 3.63) is 39.4 Å². The molecule has 0 aromatic carbocycles. The minimum atomic E-state index is -0.595. The Morgan fingerprint density at radius 2 is 2.15 bits per heavy atom. The van der Waals surface area contributed by atoms with Crippen LogP contribution in [-0.2, 0) is 6.54 Å². The Bertz CT molecular complexity index is 689. The maximum Gasteiger partial charge on any atom is 0.193 e. The van der Waals surface area contributed by atoms with Crippen molar-refractivity contribution in [3.8, 4) is 0 Å². The predicted octanol–water partition coefficient (Wildman–Crippen LogP) is 2.43. The van der Waals surface area contributed by atoms with Crippen LogP contribution in [0.2, 0.25) is 4.34 Å². The zero-order chi connectivity index (χ0) is 17.6. The van der Waals surface area contributed by atoms with Gasteiger partial charge in [0.05, 0.1) is 10.0 Å². The molecule has 144 valence electrons. The molecule has 0 bridgehead atoms. The minimum Gasteiger partial charge on any atom is -0.386 e. The van der Waals surface area contributed by atoms with Crippen LogP contribution in [0.4, 0.5) is 0 Å². The molecule has 1 atom stereocenters. The largest absolute Gasteiger partial charge is 0.386 e. The average Bonchev–Trinajstić information content (AvgIpc) is 3.28. The van der Waals surface area contributed by atoms with E-state index in [1.807, 2.05) is 12.1 Å². The van der Waals surface area contributed by atoms with Crippen LogP contribution in [0.15, 0.2) is 34.0 Å². The Hall–Kier alpha value is -0.880. The number of aromatic nitrogens is 1. The van der Waals surface area contributed by atoms with E-state index in [0.717, 1.165) is 49.3 Å². The number of thiophene rings is 1. The van der Waals surface area contributed by atoms with Crippen LogP contribution in [-0.4, -0.2) is 65.8 Å². The second-order valence-corrected chi connectivity index (χ2v) is 7.59. The third-order valence-electron chi connectivity index (χ3n) is 4.14. The number of halogens is 2. The molecule has 1 unspecified atom stereocenters. The zero-order valence-corrected chi connectivity index (χ0v) is 18.4. The van der Waals surface area contributed by atoms with Gasteiger partial charge in [-0.05, 0) is 12.1 Å². The zero-order valence-electron chi connectivity index (χ0n) is 14.5. The van der Waals surface area contributed by atoms with Crippen molar-refractivity contribution < 1.29 is 9.63 Å². The van der Waals surface area contributed by atoms with E-state index in [1.54, 1.807) is 19.4 Å². The summed E-state index contributed by atoms with van der Waals surface area (Å²) in [5.41, 5.74) is 0.952. The van der Waals surface area contributed by atoms with Crippen LogP contribution >= 0.6 is 46.9 Å². The van der Waals surface area contributed by atoms with Crippen LogP contribution in [0.5, 0.6) is 0 Å². The molecule has 1 aliphatic heterocycles. The smallest absolute Gasteiger partial charge is 0.193 e. The molecule has 7 nitrogen and oxygen atoms in total. The van der Waals surface area contributed by atoms with Crippen molar-refractivity contribution in [3.63, 3.8) is 0 Å². The molecular formula is C16H23ClIN5O2S. The molecule has 0 spiro atoms. The van der Waals surface area contributed by atoms with E-state index in [9.17, 15) is 5.11 Å². The summed E-state index contributed by atoms with van der Waals surface area (Å²) < 4.78 is 5.56. The molecule has 3 rings (SSSR count). The number of aliphatic hydroxyl groups excluding tert-OH is 1. The van der Waals surface area contributed by atoms with Crippen LogP contribution in [0.1, 0.15) is 16.7 Å². The fourth-order valence-corrected chi connectivity index (χ4v) is 3.84. The molecule has 0 amide bonds. The van der Waals surface area contributed by atoms with Crippen molar-refractivity contribution in [2.75, 3.05) is 39.8 Å². The van der Waals surface area contributed by atoms with Crippen LogP contribution in [0, 0.1) is 0 Å². The highest BCUT2D eigenvalue weighted by Gasteiger charge is 2.21. The van der Waals surface area contributed by atoms with Crippen molar-refractivity contribution in [2.24, 2.45) is 4.99 Å². The Morgan fingerprint density at radius 3 is 2.73 bits per heavy atom. The van der Waals surface area contributed by atoms with E-state index in [0.29, 0.717) is 10.9 Å². The molecule has 0 radical (unpaired) electrons. The minimum absolute atomic E-state index is 0. The lowest BCUT2D eigenvalue weighted by atomic mass is 10.3. The Balaban J connectivity index is 0.00000243. The quantitative estimate of drug-likeness (QED) is 0.365. The number of guanidine groups is 1. The second-order valence-electron chi connectivity index (χ2n) is 5.84. The summed E-state index contributed by atoms with van der Waals surface area (Å²) in [5.74, 6) is 0.808. The maximum absolute atomic E-state index is 10.3. The highest BCUT2D eigenvalue weighted by Crippen LogP contribution is 2.26. The summed E-state index contributed by atoms with van der Waals surface area (Å²) in [5, 5.41) is 17.5. The number of hydrogen-bond donors (Lipinski definition) is 2. The third-order valence-corrected chi connectivity index (χ3v) is 5.47. The lowest BCUT2D eigenvalue weighted by Crippen LogP contribution is -2.52. The van der Waals surface area contributed by atoms with Crippen molar-refractivity contribution in [2.45, 2.75) is 12.6 Å². The van der Waals surface area contributed by atoms with Crippen LogP contribution < -0.4 is 5.32 Å². The molecule has 3 heterocycles. The molecule has 1 aliphatic rings. The summed E-state index contributed by atoms with van der Waals surface area (Å²) in [6.07, 6.45) is 1.01. The van der Waals surface area contributed by atoms with Gasteiger partial charge in [-0.15, -0.1) is 35.3 Å². The standard InChI is InChI=1S/C16H22ClN5O2S.HI/c1-18-16(19-10-13(23)14-2-3-15(17)25-14)22-7-5-21(6-8-22)11-12-4-9-24-20-12;/h2-4,9,13,23H,5-8,10-11H2,1H3,(H,18,19);1H. The van der Waals surface area contributed by atoms with E-state index < -0.39 is 6.10 Å². The Morgan fingerprint density at radius 1 is 1.38 bits per heavy atom. The molecule has 0 aliphatic carbocycles. The Labute approximate surface area is 179 Å². The summed E-state index contributed by atoms with van der Waals surface area (Å²) in [7, 11) is 1.76. The van der Waals surface area contributed by atoms with Gasteiger partial charge >= 0.3 is 0 Å². The van der Waals surface area contributed by atoms with Gasteiger partial charge in [0.25, 0.3) is 0 Å². The monoisotopic (exact) mass is 511 g/mol. The molecule has 2 aromatic rings. The molecule has 2 N–H and O–H groups in total. The topological polar surface area (TPSA) is 77.1 Å². The van der Waals surface area contributed by atoms with Crippen molar-refractivity contribution in [1.82, 2.24) is 20.3 Å². The van der Waals surface area contributed by atoms with E-state index in [-0.39, 0.29) is 24.0 Å². The van der Waals surface area contributed by atoms with Crippen LogP contribution in [0.3, 0.4) is 0 Å². The number of hydrogen-bond acceptors (Lipinski definition) is 6. The van der Waals surface area contributed by atoms with Gasteiger partial charge in [-0.3, -0.25) is 9.89 Å². The van der Waals surface area contributed by atoms with Gasteiger partial charge in [-0.1, -0.05) is 16.8 Å². The number of nitrogens with one attached hydrogen (secondary N) is 1. The van der Waals surface area contributed by atoms with E-state index in [2.05, 4.69) is 25.3 Å². The molecule has 1 fully saturated rings. The number of rotatable bonds is 5. The van der Waals surface area contributed by atoms with E-state index in [1.165, 1.54) is 11.3 Å². The van der Waals surface area contributed by atoms with Gasteiger partial charge in [-0.2, -0.15) is 0 Å². The lowest BCUT2D eigenvalue weighted by molar-refractivity contribution is 0.162. The highest BCUT2D eigenvalue weighted by molar-refractivity contribution is 14.0. The van der Waals surface area contributed by atoms with Crippen molar-refractivity contribution >= 4 is 52.9 Å². The summed E-state index contributed by atoms with van der Waals surface area (Å²) in [6.45, 7) is 4.81. The van der Waals surface area contributed by atoms with Crippen LogP contribution in [0.25, 0.3) is 0 Å². The predicted molar refractivity (Wildman–Crippen MR) is 114 cm³/mol. The number of aliphatic imine (C=N–C) groups is 1. The average molecular weight is 512 g/mol. The first-order chi connectivity index (χ1) is 12.2. The van der Waals surface area contributed by atoms with Gasteiger partial charge in [0.2, 0.25) is 0 Å². The van der Waals surface area contributed by atoms with Gasteiger partial charge in [0.15, 0.2) is 5.96 Å². The maximum atomic E-state index is 10.3. The van der Waals surface area contributed by atoms with Crippen molar-refractivity contribution in [1.29, 1.82) is 0 Å².